The van der Waals surface area contributed by atoms with Crippen molar-refractivity contribution < 1.29 is 9.53 Å². The third-order valence-electron chi connectivity index (χ3n) is 4.40. The molecule has 0 radical (unpaired) electrons. The van der Waals surface area contributed by atoms with Crippen LogP contribution in [-0.4, -0.2) is 12.1 Å². The normalized spacial score (nSPS) is 10.8. The largest absolute Gasteiger partial charge is 0.489 e. The second-order valence-corrected chi connectivity index (χ2v) is 7.54. The molecule has 1 N–H and O–H groups in total. The average molecular weight is 451 g/mol. The van der Waals surface area contributed by atoms with E-state index in [-0.39, 0.29) is 5.91 Å². The molecular weight excluding hydrogens is 428 g/mol. The second-order valence-electron chi connectivity index (χ2n) is 6.62. The van der Waals surface area contributed by atoms with Crippen molar-refractivity contribution >= 4 is 28.1 Å². The quantitative estimate of drug-likeness (QED) is 0.374. The third kappa shape index (κ3) is 6.88. The number of amides is 1. The van der Waals surface area contributed by atoms with Crippen LogP contribution in [0.2, 0.25) is 0 Å². The van der Waals surface area contributed by atoms with Crippen LogP contribution in [0.25, 0.3) is 0 Å². The molecule has 0 heterocycles. The predicted octanol–water partition coefficient (Wildman–Crippen LogP) is 5.28. The van der Waals surface area contributed by atoms with E-state index in [1.54, 1.807) is 6.21 Å². The summed E-state index contributed by atoms with van der Waals surface area (Å²) in [6.07, 6.45) is 2.92. The highest BCUT2D eigenvalue weighted by Gasteiger charge is 2.02. The Bertz CT molecular complexity index is 950. The van der Waals surface area contributed by atoms with Crippen molar-refractivity contribution in [3.05, 3.63) is 99.5 Å². The van der Waals surface area contributed by atoms with E-state index in [2.05, 4.69) is 33.4 Å². The maximum Gasteiger partial charge on any atom is 0.244 e. The fraction of sp³-hybridized carbons (Fsp3) is 0.167. The summed E-state index contributed by atoms with van der Waals surface area (Å²) in [5.41, 5.74) is 6.79. The van der Waals surface area contributed by atoms with E-state index in [1.807, 2.05) is 72.8 Å². The molecule has 0 aliphatic heterocycles. The topological polar surface area (TPSA) is 50.7 Å². The molecule has 0 unspecified atom stereocenters. The van der Waals surface area contributed by atoms with Gasteiger partial charge in [-0.15, -0.1) is 0 Å². The van der Waals surface area contributed by atoms with Crippen molar-refractivity contribution in [2.75, 3.05) is 0 Å². The van der Waals surface area contributed by atoms with Crippen molar-refractivity contribution in [3.63, 3.8) is 0 Å². The predicted molar refractivity (Wildman–Crippen MR) is 120 cm³/mol. The molecule has 0 bridgehead atoms. The van der Waals surface area contributed by atoms with Crippen LogP contribution in [0.1, 0.15) is 29.2 Å². The minimum Gasteiger partial charge on any atom is -0.489 e. The van der Waals surface area contributed by atoms with Gasteiger partial charge in [0.15, 0.2) is 0 Å². The summed E-state index contributed by atoms with van der Waals surface area (Å²) >= 11 is 3.42. The first-order valence-electron chi connectivity index (χ1n) is 9.49. The van der Waals surface area contributed by atoms with Crippen molar-refractivity contribution in [1.82, 2.24) is 5.43 Å². The molecule has 0 aromatic heterocycles. The number of carbonyl (C=O) groups is 1. The lowest BCUT2D eigenvalue weighted by Gasteiger charge is -2.06. The number of ether oxygens (including phenoxy) is 1. The van der Waals surface area contributed by atoms with Gasteiger partial charge in [0.2, 0.25) is 5.91 Å². The Kier molecular flexibility index (Phi) is 7.59. The molecule has 29 heavy (non-hydrogen) atoms. The fourth-order valence-corrected chi connectivity index (χ4v) is 2.96. The van der Waals surface area contributed by atoms with Crippen LogP contribution < -0.4 is 10.2 Å². The molecule has 0 fully saturated rings. The van der Waals surface area contributed by atoms with Crippen LogP contribution >= 0.6 is 15.9 Å². The Hall–Kier alpha value is -2.92. The van der Waals surface area contributed by atoms with Gasteiger partial charge < -0.3 is 4.74 Å². The molecule has 148 valence electrons. The number of nitrogens with zero attached hydrogens (tertiary/aromatic N) is 1. The van der Waals surface area contributed by atoms with E-state index in [9.17, 15) is 4.79 Å². The molecule has 3 aromatic rings. The number of aryl methyl sites for hydroxylation is 1. The summed E-state index contributed by atoms with van der Waals surface area (Å²) in [5, 5.41) is 4.03. The van der Waals surface area contributed by atoms with Gasteiger partial charge in [-0.05, 0) is 65.1 Å². The molecule has 0 saturated heterocycles. The molecule has 3 aromatic carbocycles. The summed E-state index contributed by atoms with van der Waals surface area (Å²) in [6, 6.07) is 23.7. The lowest BCUT2D eigenvalue weighted by molar-refractivity contribution is -0.120. The lowest BCUT2D eigenvalue weighted by atomic mass is 10.1. The van der Waals surface area contributed by atoms with Crippen LogP contribution in [0.3, 0.4) is 0 Å². The van der Waals surface area contributed by atoms with Crippen molar-refractivity contribution in [2.24, 2.45) is 5.10 Å². The van der Waals surface area contributed by atoms with Gasteiger partial charge in [-0.1, -0.05) is 59.3 Å². The summed E-state index contributed by atoms with van der Waals surface area (Å²) in [4.78, 5) is 12.0. The van der Waals surface area contributed by atoms with E-state index >= 15 is 0 Å². The molecule has 3 rings (SSSR count). The number of hydrogen-bond acceptors (Lipinski definition) is 3. The molecule has 0 aliphatic carbocycles. The standard InChI is InChI=1S/C24H23BrN2O2/c1-2-18-3-5-19(6-4-18)15-24(28)27-26-16-20-9-13-23(14-10-20)29-17-21-7-11-22(25)12-8-21/h3-14,16H,2,15,17H2,1H3,(H,27,28)/b26-16+. The van der Waals surface area contributed by atoms with Gasteiger partial charge in [-0.2, -0.15) is 5.10 Å². The zero-order chi connectivity index (χ0) is 20.5. The van der Waals surface area contributed by atoms with Crippen LogP contribution in [-0.2, 0) is 24.2 Å². The maximum absolute atomic E-state index is 12.0. The van der Waals surface area contributed by atoms with E-state index in [0.717, 1.165) is 33.3 Å². The Labute approximate surface area is 179 Å². The van der Waals surface area contributed by atoms with Gasteiger partial charge in [0.25, 0.3) is 0 Å². The first-order chi connectivity index (χ1) is 14.1. The molecule has 1 amide bonds. The zero-order valence-electron chi connectivity index (χ0n) is 16.3. The average Bonchev–Trinajstić information content (AvgIpc) is 2.75. The van der Waals surface area contributed by atoms with Crippen molar-refractivity contribution in [2.45, 2.75) is 26.4 Å². The fourth-order valence-electron chi connectivity index (χ4n) is 2.69. The van der Waals surface area contributed by atoms with Gasteiger partial charge >= 0.3 is 0 Å². The number of hydrogen-bond donors (Lipinski definition) is 1. The highest BCUT2D eigenvalue weighted by molar-refractivity contribution is 9.10. The number of carbonyl (C=O) groups excluding carboxylic acids is 1. The highest BCUT2D eigenvalue weighted by atomic mass is 79.9. The zero-order valence-corrected chi connectivity index (χ0v) is 17.9. The first-order valence-corrected chi connectivity index (χ1v) is 10.3. The maximum atomic E-state index is 12.0. The summed E-state index contributed by atoms with van der Waals surface area (Å²) in [5.74, 6) is 0.643. The molecule has 4 nitrogen and oxygen atoms in total. The summed E-state index contributed by atoms with van der Waals surface area (Å²) in [7, 11) is 0. The summed E-state index contributed by atoms with van der Waals surface area (Å²) in [6.45, 7) is 2.62. The number of halogens is 1. The third-order valence-corrected chi connectivity index (χ3v) is 4.93. The number of hydrazone groups is 1. The lowest BCUT2D eigenvalue weighted by Crippen LogP contribution is -2.19. The molecule has 0 saturated carbocycles. The monoisotopic (exact) mass is 450 g/mol. The Balaban J connectivity index is 1.45. The Morgan fingerprint density at radius 3 is 2.21 bits per heavy atom. The highest BCUT2D eigenvalue weighted by Crippen LogP contribution is 2.15. The molecule has 0 atom stereocenters. The second kappa shape index (κ2) is 10.6. The van der Waals surface area contributed by atoms with Crippen LogP contribution in [0.15, 0.2) is 82.4 Å². The SMILES string of the molecule is CCc1ccc(CC(=O)N/N=C/c2ccc(OCc3ccc(Br)cc3)cc2)cc1. The summed E-state index contributed by atoms with van der Waals surface area (Å²) < 4.78 is 6.83. The van der Waals surface area contributed by atoms with Gasteiger partial charge in [-0.3, -0.25) is 4.79 Å². The molecule has 0 aliphatic rings. The number of benzene rings is 3. The molecule has 5 heteroatoms. The van der Waals surface area contributed by atoms with Gasteiger partial charge in [0, 0.05) is 4.47 Å². The Morgan fingerprint density at radius 2 is 1.55 bits per heavy atom. The van der Waals surface area contributed by atoms with Crippen molar-refractivity contribution in [1.29, 1.82) is 0 Å². The first kappa shape index (κ1) is 20.8. The number of rotatable bonds is 8. The van der Waals surface area contributed by atoms with Crippen LogP contribution in [0.5, 0.6) is 5.75 Å². The molecular formula is C24H23BrN2O2. The van der Waals surface area contributed by atoms with Gasteiger partial charge in [0.1, 0.15) is 12.4 Å². The van der Waals surface area contributed by atoms with Crippen LogP contribution in [0, 0.1) is 0 Å². The van der Waals surface area contributed by atoms with E-state index < -0.39 is 0 Å². The van der Waals surface area contributed by atoms with Crippen LogP contribution in [0.4, 0.5) is 0 Å². The van der Waals surface area contributed by atoms with E-state index in [1.165, 1.54) is 5.56 Å². The van der Waals surface area contributed by atoms with E-state index in [0.29, 0.717) is 13.0 Å². The minimum atomic E-state index is -0.139. The smallest absolute Gasteiger partial charge is 0.244 e. The minimum absolute atomic E-state index is 0.139. The van der Waals surface area contributed by atoms with Gasteiger partial charge in [0.05, 0.1) is 12.6 Å². The Morgan fingerprint density at radius 1 is 0.931 bits per heavy atom. The van der Waals surface area contributed by atoms with E-state index in [4.69, 9.17) is 4.74 Å². The molecule has 0 spiro atoms. The van der Waals surface area contributed by atoms with Crippen molar-refractivity contribution in [3.8, 4) is 5.75 Å². The number of nitrogens with one attached hydrogen (secondary N) is 1. The van der Waals surface area contributed by atoms with Gasteiger partial charge in [-0.25, -0.2) is 5.43 Å².